The van der Waals surface area contributed by atoms with Gasteiger partial charge in [-0.25, -0.2) is 4.79 Å². The molecule has 1 amide bonds. The minimum Gasteiger partial charge on any atom is -0.497 e. The summed E-state index contributed by atoms with van der Waals surface area (Å²) in [6, 6.07) is 15.8. The molecule has 5 N–H and O–H groups in total. The number of carbonyl (C=O) groups is 2. The van der Waals surface area contributed by atoms with Gasteiger partial charge in [0.05, 0.1) is 19.7 Å². The van der Waals surface area contributed by atoms with E-state index in [9.17, 15) is 24.3 Å². The fraction of sp³-hybridized carbons (Fsp3) is 0.617. The first-order valence-electron chi connectivity index (χ1n) is 22.2. The van der Waals surface area contributed by atoms with Gasteiger partial charge in [-0.3, -0.25) is 23.5 Å². The van der Waals surface area contributed by atoms with E-state index in [0.29, 0.717) is 24.2 Å². The van der Waals surface area contributed by atoms with Crippen molar-refractivity contribution in [2.45, 2.75) is 166 Å². The summed E-state index contributed by atoms with van der Waals surface area (Å²) in [7, 11) is -3.87. The number of ether oxygens (including phenoxy) is 3. The monoisotopic (exact) mass is 926 g/mol. The lowest BCUT2D eigenvalue weighted by molar-refractivity contribution is -0.166. The smallest absolute Gasteiger partial charge is 0.333 e. The van der Waals surface area contributed by atoms with Crippen LogP contribution in [0.3, 0.4) is 0 Å². The maximum atomic E-state index is 14.6. The molecule has 4 rings (SSSR count). The van der Waals surface area contributed by atoms with Crippen LogP contribution in [0, 0.1) is 0 Å². The maximum absolute atomic E-state index is 14.6. The average molecular weight is 926 g/mol. The molecule has 356 valence electrons. The highest BCUT2D eigenvalue weighted by molar-refractivity contribution is 6.74. The topological polar surface area (TPSA) is 195 Å². The van der Waals surface area contributed by atoms with Crippen LogP contribution in [0.25, 0.3) is 0 Å². The first-order chi connectivity index (χ1) is 29.6. The largest absolute Gasteiger partial charge is 0.497 e. The molecule has 2 heterocycles. The molecule has 17 heteroatoms. The molecule has 1 aromatic heterocycles. The van der Waals surface area contributed by atoms with Gasteiger partial charge in [0.1, 0.15) is 41.8 Å². The number of benzene rings is 2. The van der Waals surface area contributed by atoms with Crippen molar-refractivity contribution in [1.82, 2.24) is 19.8 Å². The van der Waals surface area contributed by atoms with Gasteiger partial charge in [0.15, 0.2) is 22.9 Å². The van der Waals surface area contributed by atoms with E-state index in [1.165, 1.54) is 16.8 Å². The third-order valence-electron chi connectivity index (χ3n) is 12.6. The number of nitrogens with one attached hydrogen (secondary N) is 2. The van der Waals surface area contributed by atoms with Gasteiger partial charge in [-0.05, 0) is 99.7 Å². The number of aromatic nitrogens is 2. The first-order valence-corrected chi connectivity index (χ1v) is 28.1. The summed E-state index contributed by atoms with van der Waals surface area (Å²) < 4.78 is 34.9. The van der Waals surface area contributed by atoms with Gasteiger partial charge in [-0.15, -0.1) is 0 Å². The zero-order valence-electron chi connectivity index (χ0n) is 40.5. The van der Waals surface area contributed by atoms with E-state index in [2.05, 4.69) is 78.4 Å². The molecule has 0 saturated carbocycles. The number of aliphatic hydroxyl groups is 1. The fourth-order valence-corrected chi connectivity index (χ4v) is 9.38. The maximum Gasteiger partial charge on any atom is 0.333 e. The second kappa shape index (κ2) is 21.1. The van der Waals surface area contributed by atoms with Gasteiger partial charge in [-0.2, -0.15) is 0 Å². The van der Waals surface area contributed by atoms with Crippen LogP contribution >= 0.6 is 0 Å². The van der Waals surface area contributed by atoms with Crippen molar-refractivity contribution >= 4 is 28.5 Å². The Morgan fingerprint density at radius 1 is 0.828 bits per heavy atom. The van der Waals surface area contributed by atoms with E-state index in [1.807, 2.05) is 30.3 Å². The van der Waals surface area contributed by atoms with E-state index in [4.69, 9.17) is 28.8 Å². The molecule has 1 aliphatic rings. The van der Waals surface area contributed by atoms with Gasteiger partial charge < -0.3 is 44.5 Å². The first kappa shape index (κ1) is 52.7. The number of amides is 1. The Morgan fingerprint density at radius 3 is 1.95 bits per heavy atom. The predicted octanol–water partition coefficient (Wildman–Crippen LogP) is 5.48. The lowest BCUT2D eigenvalue weighted by Gasteiger charge is -2.44. The van der Waals surface area contributed by atoms with Crippen molar-refractivity contribution in [3.8, 4) is 5.75 Å². The molecule has 15 nitrogen and oxygen atoms in total. The third kappa shape index (κ3) is 13.6. The summed E-state index contributed by atoms with van der Waals surface area (Å²) in [5, 5.41) is 18.1. The summed E-state index contributed by atoms with van der Waals surface area (Å²) >= 11 is 0. The third-order valence-corrected chi connectivity index (χ3v) is 21.5. The minimum absolute atomic E-state index is 0.0248. The molecule has 2 aromatic carbocycles. The Balaban J connectivity index is 1.75. The molecule has 0 aliphatic carbocycles. The zero-order valence-corrected chi connectivity index (χ0v) is 42.5. The fourth-order valence-electron chi connectivity index (χ4n) is 6.79. The number of hydrogen-bond acceptors (Lipinski definition) is 12. The highest BCUT2D eigenvalue weighted by Crippen LogP contribution is 2.46. The van der Waals surface area contributed by atoms with Gasteiger partial charge in [0, 0.05) is 18.8 Å². The van der Waals surface area contributed by atoms with Gasteiger partial charge in [0.2, 0.25) is 5.91 Å². The average Bonchev–Trinajstić information content (AvgIpc) is 3.52. The highest BCUT2D eigenvalue weighted by atomic mass is 28.4. The summed E-state index contributed by atoms with van der Waals surface area (Å²) in [6.07, 6.45) is -3.80. The van der Waals surface area contributed by atoms with E-state index in [0.717, 1.165) is 10.1 Å². The quantitative estimate of drug-likeness (QED) is 0.0673. The molecule has 0 radical (unpaired) electrons. The Bertz CT molecular complexity index is 2120. The van der Waals surface area contributed by atoms with E-state index >= 15 is 0 Å². The molecule has 3 aromatic rings. The summed E-state index contributed by atoms with van der Waals surface area (Å²) in [4.78, 5) is 55.0. The van der Waals surface area contributed by atoms with Crippen LogP contribution in [0.2, 0.25) is 36.3 Å². The second-order valence-electron chi connectivity index (χ2n) is 20.9. The molecule has 0 bridgehead atoms. The number of nitrogens with zero attached hydrogens (tertiary/aromatic N) is 2. The Morgan fingerprint density at radius 2 is 1.41 bits per heavy atom. The van der Waals surface area contributed by atoms with E-state index < -0.39 is 82.2 Å². The molecular weight excluding hydrogens is 851 g/mol. The van der Waals surface area contributed by atoms with E-state index in [-0.39, 0.29) is 35.6 Å². The van der Waals surface area contributed by atoms with Crippen molar-refractivity contribution in [3.05, 3.63) is 98.8 Å². The van der Waals surface area contributed by atoms with Gasteiger partial charge in [-0.1, -0.05) is 84.0 Å². The Hall–Kier alpha value is -3.95. The number of hydrogen-bond donors (Lipinski definition) is 4. The summed E-state index contributed by atoms with van der Waals surface area (Å²) in [6.45, 7) is 26.6. The molecular formula is C47H75N5O10Si2. The van der Waals surface area contributed by atoms with E-state index in [1.54, 1.807) is 52.1 Å². The SMILES string of the molecule is COc1ccc(Cn2c(=O)ccn([C@@H]3OC([C@H](O)[C@H](NCCCNC(=O)[C@@H](N)Cc4ccccc4)C(=O)OC(C)(C)C)[C@@H](O[Si](C)(C)C(C)(C)C)[C@H]3O[Si](C)(C)C(C)(C)C)c2=O)cc1. The van der Waals surface area contributed by atoms with Crippen molar-refractivity contribution < 1.29 is 37.8 Å². The van der Waals surface area contributed by atoms with Crippen molar-refractivity contribution in [2.75, 3.05) is 20.2 Å². The molecule has 1 fully saturated rings. The Kier molecular flexibility index (Phi) is 17.4. The van der Waals surface area contributed by atoms with Crippen molar-refractivity contribution in [2.24, 2.45) is 5.73 Å². The van der Waals surface area contributed by atoms with Crippen LogP contribution in [0.15, 0.2) is 76.4 Å². The number of rotatable bonds is 19. The number of nitrogens with two attached hydrogens (primary N) is 1. The highest BCUT2D eigenvalue weighted by Gasteiger charge is 2.57. The Labute approximate surface area is 381 Å². The number of aliphatic hydroxyl groups excluding tert-OH is 1. The van der Waals surface area contributed by atoms with Crippen LogP contribution in [0.5, 0.6) is 5.75 Å². The van der Waals surface area contributed by atoms with Crippen LogP contribution in [-0.4, -0.2) is 105 Å². The van der Waals surface area contributed by atoms with Crippen molar-refractivity contribution in [1.29, 1.82) is 0 Å². The van der Waals surface area contributed by atoms with Gasteiger partial charge >= 0.3 is 11.7 Å². The molecule has 1 saturated heterocycles. The lowest BCUT2D eigenvalue weighted by atomic mass is 9.99. The standard InChI is InChI=1S/C47H75N5O10Si2/c1-45(2,3)60-43(56)36(49-26-18-27-50-41(55)34(48)29-31-19-16-15-17-20-31)37(54)38-39(61-63(11,12)46(4,5)6)40(62-64(13,14)47(7,8)9)42(59-38)51-28-25-35(53)52(44(51)57)30-32-21-23-33(58-10)24-22-32/h15-17,19-25,28,34,36-40,42,49,54H,18,26-27,29-30,48H2,1-14H3,(H,50,55)/t34-,36-,37+,38?,39+,40+,42+/m0/s1. The number of carbonyl (C=O) groups excluding carboxylic acids is 2. The molecule has 64 heavy (non-hydrogen) atoms. The number of methoxy groups -OCH3 is 1. The van der Waals surface area contributed by atoms with Crippen LogP contribution < -0.4 is 32.4 Å². The van der Waals surface area contributed by atoms with Gasteiger partial charge in [0.25, 0.3) is 5.56 Å². The number of esters is 1. The van der Waals surface area contributed by atoms with Crippen LogP contribution in [-0.2, 0) is 40.9 Å². The molecule has 7 atom stereocenters. The molecule has 1 unspecified atom stereocenters. The predicted molar refractivity (Wildman–Crippen MR) is 254 cm³/mol. The lowest BCUT2D eigenvalue weighted by Crippen LogP contribution is -2.59. The second-order valence-corrected chi connectivity index (χ2v) is 30.4. The zero-order chi connectivity index (χ0) is 48.0. The van der Waals surface area contributed by atoms with Crippen LogP contribution in [0.4, 0.5) is 0 Å². The van der Waals surface area contributed by atoms with Crippen molar-refractivity contribution in [3.63, 3.8) is 0 Å². The van der Waals surface area contributed by atoms with Crippen LogP contribution in [0.1, 0.15) is 86.1 Å². The normalized spacial score (nSPS) is 20.1. The molecule has 1 aliphatic heterocycles. The summed E-state index contributed by atoms with van der Waals surface area (Å²) in [5.74, 6) is -0.393. The summed E-state index contributed by atoms with van der Waals surface area (Å²) in [5.41, 5.74) is 5.79. The molecule has 0 spiro atoms. The minimum atomic E-state index is -2.72.